The number of benzene rings is 2. The van der Waals surface area contributed by atoms with E-state index in [9.17, 15) is 15.2 Å². The zero-order valence-electron chi connectivity index (χ0n) is 21.5. The topological polar surface area (TPSA) is 103 Å². The second-order valence-electron chi connectivity index (χ2n) is 9.30. The molecule has 0 saturated carbocycles. The van der Waals surface area contributed by atoms with Crippen LogP contribution in [0.4, 0.5) is 5.69 Å². The number of nitrogens with one attached hydrogen (secondary N) is 2. The zero-order chi connectivity index (χ0) is 26.2. The molecule has 1 fully saturated rings. The maximum Gasteiger partial charge on any atom is 0.262 e. The Hall–Kier alpha value is -3.64. The molecule has 2 aromatic carbocycles. The van der Waals surface area contributed by atoms with Crippen LogP contribution in [0.3, 0.4) is 0 Å². The van der Waals surface area contributed by atoms with Crippen LogP contribution in [0.1, 0.15) is 19.0 Å². The van der Waals surface area contributed by atoms with Gasteiger partial charge in [-0.1, -0.05) is 25.1 Å². The number of nitrogens with zero attached hydrogens (tertiary/aromatic N) is 3. The molecule has 0 radical (unpaired) electrons. The summed E-state index contributed by atoms with van der Waals surface area (Å²) in [7, 11) is 1.92. The lowest BCUT2D eigenvalue weighted by atomic mass is 10.0. The fourth-order valence-electron chi connectivity index (χ4n) is 4.41. The summed E-state index contributed by atoms with van der Waals surface area (Å²) in [5.41, 5.74) is 3.89. The Kier molecular flexibility index (Phi) is 8.96. The highest BCUT2D eigenvalue weighted by atomic mass is 16.5. The molecular weight excluding hydrogens is 466 g/mol. The summed E-state index contributed by atoms with van der Waals surface area (Å²) in [6.07, 6.45) is 1.49. The summed E-state index contributed by atoms with van der Waals surface area (Å²) < 4.78 is 7.38. The molecule has 3 aromatic rings. The van der Waals surface area contributed by atoms with E-state index in [0.717, 1.165) is 72.8 Å². The van der Waals surface area contributed by atoms with Gasteiger partial charge >= 0.3 is 0 Å². The first-order chi connectivity index (χ1) is 18.0. The van der Waals surface area contributed by atoms with Gasteiger partial charge in [-0.2, -0.15) is 5.26 Å². The van der Waals surface area contributed by atoms with Crippen molar-refractivity contribution in [3.8, 4) is 17.3 Å². The van der Waals surface area contributed by atoms with Crippen LogP contribution in [0.25, 0.3) is 28.1 Å². The average molecular weight is 502 g/mol. The Balaban J connectivity index is 1.45. The van der Waals surface area contributed by atoms with Crippen molar-refractivity contribution in [3.63, 3.8) is 0 Å². The number of morpholine rings is 1. The molecule has 8 nitrogen and oxygen atoms in total. The molecule has 1 aliphatic heterocycles. The quantitative estimate of drug-likeness (QED) is 0.291. The first-order valence-corrected chi connectivity index (χ1v) is 12.8. The first kappa shape index (κ1) is 26.4. The summed E-state index contributed by atoms with van der Waals surface area (Å²) in [6, 6.07) is 18.6. The standard InChI is InChI=1S/C29H35N5O3/c1-3-27(35)20-32-29(36)24(19-30)18-26-8-9-28(33(26)2)23-5-4-22-17-25(7-6-21(22)16-23)31-10-11-34-12-14-37-15-13-34/h4-9,16-18,27,31,35H,3,10-15,20H2,1-2H3,(H,32,36)/b24-18+. The Morgan fingerprint density at radius 2 is 1.92 bits per heavy atom. The summed E-state index contributed by atoms with van der Waals surface area (Å²) in [6.45, 7) is 7.46. The maximum atomic E-state index is 12.4. The molecule has 1 saturated heterocycles. The fourth-order valence-corrected chi connectivity index (χ4v) is 4.41. The number of carbonyl (C=O) groups is 1. The molecule has 1 aliphatic rings. The molecule has 0 aliphatic carbocycles. The molecule has 2 heterocycles. The van der Waals surface area contributed by atoms with Crippen molar-refractivity contribution in [3.05, 3.63) is 59.8 Å². The summed E-state index contributed by atoms with van der Waals surface area (Å²) >= 11 is 0. The van der Waals surface area contributed by atoms with Crippen LogP contribution in [0.2, 0.25) is 0 Å². The summed E-state index contributed by atoms with van der Waals surface area (Å²) in [5, 5.41) is 27.6. The van der Waals surface area contributed by atoms with Gasteiger partial charge < -0.3 is 25.0 Å². The maximum absolute atomic E-state index is 12.4. The van der Waals surface area contributed by atoms with Crippen molar-refractivity contribution in [1.82, 2.24) is 14.8 Å². The summed E-state index contributed by atoms with van der Waals surface area (Å²) in [4.78, 5) is 14.8. The van der Waals surface area contributed by atoms with E-state index in [2.05, 4.69) is 51.9 Å². The largest absolute Gasteiger partial charge is 0.391 e. The van der Waals surface area contributed by atoms with Gasteiger partial charge in [0.1, 0.15) is 11.6 Å². The molecular formula is C29H35N5O3. The minimum Gasteiger partial charge on any atom is -0.391 e. The number of hydrogen-bond donors (Lipinski definition) is 3. The Labute approximate surface area is 218 Å². The molecule has 1 atom stereocenters. The van der Waals surface area contributed by atoms with E-state index in [4.69, 9.17) is 4.74 Å². The van der Waals surface area contributed by atoms with Crippen molar-refractivity contribution in [2.45, 2.75) is 19.4 Å². The highest BCUT2D eigenvalue weighted by Crippen LogP contribution is 2.28. The van der Waals surface area contributed by atoms with Crippen molar-refractivity contribution in [2.24, 2.45) is 7.05 Å². The van der Waals surface area contributed by atoms with Gasteiger partial charge in [-0.25, -0.2) is 0 Å². The zero-order valence-corrected chi connectivity index (χ0v) is 21.5. The molecule has 0 bridgehead atoms. The second kappa shape index (κ2) is 12.5. The van der Waals surface area contributed by atoms with Gasteiger partial charge in [0.15, 0.2) is 0 Å². The molecule has 1 aromatic heterocycles. The third kappa shape index (κ3) is 6.77. The lowest BCUT2D eigenvalue weighted by Crippen LogP contribution is -2.38. The molecule has 4 rings (SSSR count). The highest BCUT2D eigenvalue weighted by molar-refractivity contribution is 6.01. The van der Waals surface area contributed by atoms with E-state index in [1.54, 1.807) is 6.08 Å². The van der Waals surface area contributed by atoms with Gasteiger partial charge in [-0.05, 0) is 59.2 Å². The second-order valence-corrected chi connectivity index (χ2v) is 9.30. The van der Waals surface area contributed by atoms with Crippen molar-refractivity contribution < 1.29 is 14.6 Å². The van der Waals surface area contributed by atoms with Gasteiger partial charge in [0.05, 0.1) is 19.3 Å². The smallest absolute Gasteiger partial charge is 0.262 e. The van der Waals surface area contributed by atoms with Crippen LogP contribution in [0, 0.1) is 11.3 Å². The number of aliphatic hydroxyl groups excluding tert-OH is 1. The van der Waals surface area contributed by atoms with E-state index >= 15 is 0 Å². The average Bonchev–Trinajstić information content (AvgIpc) is 3.29. The minimum atomic E-state index is -0.625. The van der Waals surface area contributed by atoms with Crippen molar-refractivity contribution in [2.75, 3.05) is 51.3 Å². The number of anilines is 1. The summed E-state index contributed by atoms with van der Waals surface area (Å²) in [5.74, 6) is -0.488. The van der Waals surface area contributed by atoms with Crippen molar-refractivity contribution in [1.29, 1.82) is 5.26 Å². The van der Waals surface area contributed by atoms with E-state index in [1.807, 2.05) is 36.7 Å². The minimum absolute atomic E-state index is 0.00298. The number of amides is 1. The monoisotopic (exact) mass is 501 g/mol. The van der Waals surface area contributed by atoms with Gasteiger partial charge in [0.2, 0.25) is 0 Å². The number of rotatable bonds is 10. The fraction of sp³-hybridized carbons (Fsp3) is 0.379. The number of fused-ring (bicyclic) bond motifs is 1. The number of aromatic nitrogens is 1. The lowest BCUT2D eigenvalue weighted by molar-refractivity contribution is -0.117. The number of nitriles is 1. The molecule has 1 amide bonds. The number of hydrogen-bond acceptors (Lipinski definition) is 6. The molecule has 0 spiro atoms. The van der Waals surface area contributed by atoms with E-state index < -0.39 is 12.0 Å². The van der Waals surface area contributed by atoms with Gasteiger partial charge in [0, 0.05) is 56.8 Å². The van der Waals surface area contributed by atoms with Crippen LogP contribution in [-0.4, -0.2) is 72.5 Å². The third-order valence-electron chi connectivity index (χ3n) is 6.78. The van der Waals surface area contributed by atoms with E-state index in [0.29, 0.717) is 6.42 Å². The molecule has 194 valence electrons. The van der Waals surface area contributed by atoms with Crippen LogP contribution in [-0.2, 0) is 16.6 Å². The van der Waals surface area contributed by atoms with Crippen LogP contribution in [0.15, 0.2) is 54.1 Å². The number of aliphatic hydroxyl groups is 1. The Bertz CT molecular complexity index is 1300. The van der Waals surface area contributed by atoms with Crippen LogP contribution in [0.5, 0.6) is 0 Å². The van der Waals surface area contributed by atoms with E-state index in [-0.39, 0.29) is 12.1 Å². The Morgan fingerprint density at radius 1 is 1.16 bits per heavy atom. The SMILES string of the molecule is CCC(O)CNC(=O)/C(C#N)=C/c1ccc(-c2ccc3cc(NCCN4CCOCC4)ccc3c2)n1C. The van der Waals surface area contributed by atoms with Crippen LogP contribution >= 0.6 is 0 Å². The normalized spacial score (nSPS) is 15.4. The molecule has 3 N–H and O–H groups in total. The van der Waals surface area contributed by atoms with E-state index in [1.165, 1.54) is 0 Å². The first-order valence-electron chi connectivity index (χ1n) is 12.8. The van der Waals surface area contributed by atoms with Crippen LogP contribution < -0.4 is 10.6 Å². The van der Waals surface area contributed by atoms with Gasteiger partial charge in [-0.15, -0.1) is 0 Å². The number of ether oxygens (including phenoxy) is 1. The third-order valence-corrected chi connectivity index (χ3v) is 6.78. The lowest BCUT2D eigenvalue weighted by Gasteiger charge is -2.26. The molecule has 1 unspecified atom stereocenters. The highest BCUT2D eigenvalue weighted by Gasteiger charge is 2.13. The predicted molar refractivity (Wildman–Crippen MR) is 147 cm³/mol. The predicted octanol–water partition coefficient (Wildman–Crippen LogP) is 3.38. The molecule has 8 heteroatoms. The molecule has 37 heavy (non-hydrogen) atoms. The van der Waals surface area contributed by atoms with Gasteiger partial charge in [0.25, 0.3) is 5.91 Å². The van der Waals surface area contributed by atoms with Gasteiger partial charge in [-0.3, -0.25) is 9.69 Å². The Morgan fingerprint density at radius 3 is 2.68 bits per heavy atom. The van der Waals surface area contributed by atoms with Crippen molar-refractivity contribution >= 4 is 28.4 Å². The number of carbonyl (C=O) groups excluding carboxylic acids is 1.